The number of nitrogens with one attached hydrogen (secondary N) is 1. The Morgan fingerprint density at radius 1 is 1.29 bits per heavy atom. The molecule has 1 atom stereocenters. The molecule has 1 unspecified atom stereocenters. The second-order valence-corrected chi connectivity index (χ2v) is 7.10. The summed E-state index contributed by atoms with van der Waals surface area (Å²) < 4.78 is 26.3. The molecule has 28 heavy (non-hydrogen) atoms. The number of hydrogen-bond acceptors (Lipinski definition) is 4. The number of fused-ring (bicyclic) bond motifs is 1. The van der Waals surface area contributed by atoms with Gasteiger partial charge in [-0.2, -0.15) is 0 Å². The molecule has 7 heteroatoms. The van der Waals surface area contributed by atoms with Crippen molar-refractivity contribution in [3.8, 4) is 11.4 Å². The third kappa shape index (κ3) is 3.57. The van der Waals surface area contributed by atoms with Gasteiger partial charge in [-0.05, 0) is 56.7 Å². The lowest BCUT2D eigenvalue weighted by atomic mass is 10.1. The predicted octanol–water partition coefficient (Wildman–Crippen LogP) is 3.93. The Morgan fingerprint density at radius 2 is 2.07 bits per heavy atom. The summed E-state index contributed by atoms with van der Waals surface area (Å²) >= 11 is 0. The molecular formula is C21H22FN3O3. The fourth-order valence-electron chi connectivity index (χ4n) is 3.32. The van der Waals surface area contributed by atoms with Crippen molar-refractivity contribution in [1.29, 1.82) is 0 Å². The average Bonchev–Trinajstić information content (AvgIpc) is 3.31. The first-order valence-electron chi connectivity index (χ1n) is 9.36. The Balaban J connectivity index is 1.81. The van der Waals surface area contributed by atoms with E-state index in [1.165, 1.54) is 12.1 Å². The van der Waals surface area contributed by atoms with Gasteiger partial charge in [0.2, 0.25) is 5.91 Å². The highest BCUT2D eigenvalue weighted by atomic mass is 19.1. The third-order valence-electron chi connectivity index (χ3n) is 4.65. The van der Waals surface area contributed by atoms with Gasteiger partial charge in [-0.3, -0.25) is 4.79 Å². The monoisotopic (exact) mass is 383 g/mol. The maximum Gasteiger partial charge on any atom is 0.231 e. The molecule has 0 bridgehead atoms. The normalized spacial score (nSPS) is 16.6. The maximum atomic E-state index is 13.4. The van der Waals surface area contributed by atoms with Gasteiger partial charge in [0.15, 0.2) is 5.82 Å². The van der Waals surface area contributed by atoms with Gasteiger partial charge >= 0.3 is 0 Å². The molecule has 0 spiro atoms. The van der Waals surface area contributed by atoms with Crippen LogP contribution in [0.3, 0.4) is 0 Å². The van der Waals surface area contributed by atoms with E-state index in [1.807, 2.05) is 32.0 Å². The molecule has 2 heterocycles. The predicted molar refractivity (Wildman–Crippen MR) is 104 cm³/mol. The molecule has 0 saturated carbocycles. The second-order valence-electron chi connectivity index (χ2n) is 7.10. The van der Waals surface area contributed by atoms with E-state index in [2.05, 4.69) is 10.4 Å². The standard InChI is InChI=1S/C21H22FN3O3/c1-13(2)28-18-5-3-4-17-19(18)20(23-21(26)14-10-11-27-12-14)24-25(17)16-8-6-15(22)7-9-16/h3-9,13-14H,10-12H2,1-2H3,(H,23,24,26). The number of aromatic nitrogens is 2. The minimum atomic E-state index is -0.321. The van der Waals surface area contributed by atoms with E-state index in [0.717, 1.165) is 5.52 Å². The van der Waals surface area contributed by atoms with Crippen LogP contribution >= 0.6 is 0 Å². The van der Waals surface area contributed by atoms with Gasteiger partial charge in [0.25, 0.3) is 0 Å². The number of anilines is 1. The van der Waals surface area contributed by atoms with Crippen LogP contribution in [0, 0.1) is 11.7 Å². The van der Waals surface area contributed by atoms with Gasteiger partial charge in [0.05, 0.1) is 35.2 Å². The van der Waals surface area contributed by atoms with Crippen molar-refractivity contribution in [3.05, 3.63) is 48.3 Å². The minimum Gasteiger partial charge on any atom is -0.490 e. The van der Waals surface area contributed by atoms with Crippen LogP contribution < -0.4 is 10.1 Å². The number of halogens is 1. The molecular weight excluding hydrogens is 361 g/mol. The van der Waals surface area contributed by atoms with Crippen LogP contribution in [-0.4, -0.2) is 35.0 Å². The lowest BCUT2D eigenvalue weighted by molar-refractivity contribution is -0.119. The number of ether oxygens (including phenoxy) is 2. The molecule has 1 aromatic heterocycles. The largest absolute Gasteiger partial charge is 0.490 e. The van der Waals surface area contributed by atoms with Gasteiger partial charge in [-0.1, -0.05) is 6.07 Å². The summed E-state index contributed by atoms with van der Waals surface area (Å²) in [6.45, 7) is 4.89. The molecule has 1 saturated heterocycles. The van der Waals surface area contributed by atoms with E-state index >= 15 is 0 Å². The van der Waals surface area contributed by atoms with Crippen LogP contribution in [-0.2, 0) is 9.53 Å². The minimum absolute atomic E-state index is 0.0356. The molecule has 1 aliphatic heterocycles. The fourth-order valence-corrected chi connectivity index (χ4v) is 3.32. The second kappa shape index (κ2) is 7.59. The summed E-state index contributed by atoms with van der Waals surface area (Å²) in [6, 6.07) is 11.7. The first-order valence-corrected chi connectivity index (χ1v) is 9.36. The van der Waals surface area contributed by atoms with Crippen molar-refractivity contribution in [3.63, 3.8) is 0 Å². The maximum absolute atomic E-state index is 13.4. The van der Waals surface area contributed by atoms with E-state index in [1.54, 1.807) is 16.8 Å². The highest BCUT2D eigenvalue weighted by Gasteiger charge is 2.26. The Morgan fingerprint density at radius 3 is 2.75 bits per heavy atom. The van der Waals surface area contributed by atoms with Crippen LogP contribution in [0.5, 0.6) is 5.75 Å². The molecule has 6 nitrogen and oxygen atoms in total. The number of amides is 1. The van der Waals surface area contributed by atoms with Gasteiger partial charge in [-0.25, -0.2) is 9.07 Å². The van der Waals surface area contributed by atoms with Crippen LogP contribution in [0.15, 0.2) is 42.5 Å². The SMILES string of the molecule is CC(C)Oc1cccc2c1c(NC(=O)C1CCOC1)nn2-c1ccc(F)cc1. The molecule has 0 radical (unpaired) electrons. The number of hydrogen-bond donors (Lipinski definition) is 1. The number of nitrogens with zero attached hydrogens (tertiary/aromatic N) is 2. The molecule has 1 aliphatic rings. The topological polar surface area (TPSA) is 65.4 Å². The van der Waals surface area contributed by atoms with Crippen molar-refractivity contribution in [2.45, 2.75) is 26.4 Å². The van der Waals surface area contributed by atoms with Gasteiger partial charge in [-0.15, -0.1) is 5.10 Å². The van der Waals surface area contributed by atoms with Crippen LogP contribution in [0.1, 0.15) is 20.3 Å². The smallest absolute Gasteiger partial charge is 0.231 e. The molecule has 1 N–H and O–H groups in total. The van der Waals surface area contributed by atoms with E-state index < -0.39 is 0 Å². The highest BCUT2D eigenvalue weighted by molar-refractivity contribution is 6.04. The number of carbonyl (C=O) groups is 1. The Labute approximate surface area is 162 Å². The van der Waals surface area contributed by atoms with Crippen molar-refractivity contribution >= 4 is 22.6 Å². The van der Waals surface area contributed by atoms with Crippen molar-refractivity contribution in [2.24, 2.45) is 5.92 Å². The van der Waals surface area contributed by atoms with Crippen molar-refractivity contribution < 1.29 is 18.7 Å². The summed E-state index contributed by atoms with van der Waals surface area (Å²) in [5.41, 5.74) is 1.46. The highest BCUT2D eigenvalue weighted by Crippen LogP contribution is 2.35. The first-order chi connectivity index (χ1) is 13.5. The zero-order valence-corrected chi connectivity index (χ0v) is 15.8. The van der Waals surface area contributed by atoms with Gasteiger partial charge < -0.3 is 14.8 Å². The molecule has 0 aliphatic carbocycles. The van der Waals surface area contributed by atoms with Crippen LogP contribution in [0.2, 0.25) is 0 Å². The molecule has 146 valence electrons. The number of carbonyl (C=O) groups excluding carboxylic acids is 1. The van der Waals surface area contributed by atoms with E-state index in [4.69, 9.17) is 9.47 Å². The van der Waals surface area contributed by atoms with Crippen molar-refractivity contribution in [1.82, 2.24) is 9.78 Å². The molecule has 1 amide bonds. The van der Waals surface area contributed by atoms with Crippen LogP contribution in [0.25, 0.3) is 16.6 Å². The van der Waals surface area contributed by atoms with Gasteiger partial charge in [0, 0.05) is 6.61 Å². The Bertz CT molecular complexity index is 992. The lowest BCUT2D eigenvalue weighted by Crippen LogP contribution is -2.23. The summed E-state index contributed by atoms with van der Waals surface area (Å²) in [4.78, 5) is 12.7. The molecule has 3 aromatic rings. The zero-order valence-electron chi connectivity index (χ0n) is 15.8. The first kappa shape index (κ1) is 18.4. The van der Waals surface area contributed by atoms with Crippen LogP contribution in [0.4, 0.5) is 10.2 Å². The molecule has 4 rings (SSSR count). The summed E-state index contributed by atoms with van der Waals surface area (Å²) in [5.74, 6) is 0.428. The third-order valence-corrected chi connectivity index (χ3v) is 4.65. The lowest BCUT2D eigenvalue weighted by Gasteiger charge is -2.12. The Hall–Kier alpha value is -2.93. The molecule has 1 fully saturated rings. The van der Waals surface area contributed by atoms with E-state index in [9.17, 15) is 9.18 Å². The summed E-state index contributed by atoms with van der Waals surface area (Å²) in [5, 5.41) is 8.26. The molecule has 2 aromatic carbocycles. The quantitative estimate of drug-likeness (QED) is 0.725. The number of rotatable bonds is 5. The average molecular weight is 383 g/mol. The zero-order chi connectivity index (χ0) is 19.7. The van der Waals surface area contributed by atoms with Crippen molar-refractivity contribution in [2.75, 3.05) is 18.5 Å². The van der Waals surface area contributed by atoms with Gasteiger partial charge in [0.1, 0.15) is 11.6 Å². The van der Waals surface area contributed by atoms with E-state index in [0.29, 0.717) is 42.3 Å². The van der Waals surface area contributed by atoms with E-state index in [-0.39, 0.29) is 23.7 Å². The summed E-state index contributed by atoms with van der Waals surface area (Å²) in [6.07, 6.45) is 0.657. The summed E-state index contributed by atoms with van der Waals surface area (Å²) in [7, 11) is 0. The fraction of sp³-hybridized carbons (Fsp3) is 0.333. The Kier molecular flexibility index (Phi) is 5.00. The number of benzene rings is 2.